The van der Waals surface area contributed by atoms with Crippen molar-refractivity contribution in [2.24, 2.45) is 5.10 Å². The number of carbonyl (C=O) groups excluding carboxylic acids is 2. The molecule has 3 aromatic carbocycles. The van der Waals surface area contributed by atoms with Gasteiger partial charge in [-0.25, -0.2) is 14.6 Å². The predicted molar refractivity (Wildman–Crippen MR) is 115 cm³/mol. The fourth-order valence-corrected chi connectivity index (χ4v) is 2.66. The second kappa shape index (κ2) is 10.4. The molecule has 0 bridgehead atoms. The summed E-state index contributed by atoms with van der Waals surface area (Å²) >= 11 is 5.81. The number of amides is 1. The van der Waals surface area contributed by atoms with Crippen molar-refractivity contribution in [3.63, 3.8) is 0 Å². The number of benzene rings is 3. The molecule has 0 aliphatic heterocycles. The molecule has 0 aliphatic carbocycles. The van der Waals surface area contributed by atoms with Crippen LogP contribution in [0.25, 0.3) is 0 Å². The Hall–Kier alpha value is -3.71. The molecule has 0 spiro atoms. The van der Waals surface area contributed by atoms with Crippen LogP contribution in [0.4, 0.5) is 4.39 Å². The molecule has 3 aromatic rings. The Morgan fingerprint density at radius 1 is 1.00 bits per heavy atom. The molecule has 0 heterocycles. The van der Waals surface area contributed by atoms with Gasteiger partial charge >= 0.3 is 5.97 Å². The lowest BCUT2D eigenvalue weighted by atomic mass is 10.2. The van der Waals surface area contributed by atoms with Gasteiger partial charge in [0.1, 0.15) is 5.82 Å². The summed E-state index contributed by atoms with van der Waals surface area (Å²) in [6.07, 6.45) is 1.43. The Labute approximate surface area is 183 Å². The van der Waals surface area contributed by atoms with E-state index in [1.165, 1.54) is 30.5 Å². The summed E-state index contributed by atoms with van der Waals surface area (Å²) in [5.41, 5.74) is 3.66. The van der Waals surface area contributed by atoms with Crippen molar-refractivity contribution in [1.29, 1.82) is 0 Å². The molecule has 0 radical (unpaired) electrons. The van der Waals surface area contributed by atoms with E-state index in [9.17, 15) is 14.0 Å². The Bertz CT molecular complexity index is 1100. The summed E-state index contributed by atoms with van der Waals surface area (Å²) in [5, 5.41) is 4.46. The normalized spacial score (nSPS) is 10.7. The van der Waals surface area contributed by atoms with E-state index in [1.54, 1.807) is 49.4 Å². The second-order valence-corrected chi connectivity index (χ2v) is 6.68. The van der Waals surface area contributed by atoms with Gasteiger partial charge in [-0.2, -0.15) is 5.10 Å². The highest BCUT2D eigenvalue weighted by molar-refractivity contribution is 6.30. The van der Waals surface area contributed by atoms with E-state index in [0.717, 1.165) is 0 Å². The van der Waals surface area contributed by atoms with Gasteiger partial charge in [0.15, 0.2) is 11.5 Å². The van der Waals surface area contributed by atoms with Crippen molar-refractivity contribution in [3.8, 4) is 11.5 Å². The zero-order chi connectivity index (χ0) is 22.2. The summed E-state index contributed by atoms with van der Waals surface area (Å²) < 4.78 is 24.0. The fourth-order valence-electron chi connectivity index (χ4n) is 2.53. The Balaban J connectivity index is 1.69. The molecule has 0 fully saturated rings. The average Bonchev–Trinajstić information content (AvgIpc) is 2.76. The molecule has 158 valence electrons. The molecule has 0 aromatic heterocycles. The summed E-state index contributed by atoms with van der Waals surface area (Å²) in [5.74, 6) is -0.941. The highest BCUT2D eigenvalue weighted by Gasteiger charge is 2.13. The molecular weight excluding hydrogens is 423 g/mol. The first-order valence-electron chi connectivity index (χ1n) is 9.30. The number of nitrogens with one attached hydrogen (secondary N) is 1. The Morgan fingerprint density at radius 3 is 2.35 bits per heavy atom. The number of hydrogen-bond donors (Lipinski definition) is 1. The molecule has 1 N–H and O–H groups in total. The van der Waals surface area contributed by atoms with E-state index in [1.807, 2.05) is 0 Å². The summed E-state index contributed by atoms with van der Waals surface area (Å²) in [6.45, 7) is 2.13. The number of esters is 1. The molecule has 8 heteroatoms. The minimum Gasteiger partial charge on any atom is -0.490 e. The zero-order valence-electron chi connectivity index (χ0n) is 16.5. The van der Waals surface area contributed by atoms with Gasteiger partial charge in [-0.15, -0.1) is 0 Å². The Morgan fingerprint density at radius 2 is 1.68 bits per heavy atom. The highest BCUT2D eigenvalue weighted by atomic mass is 35.5. The predicted octanol–water partition coefficient (Wildman–Crippen LogP) is 4.86. The smallest absolute Gasteiger partial charge is 0.343 e. The van der Waals surface area contributed by atoms with Gasteiger partial charge in [0.05, 0.1) is 18.4 Å². The molecule has 3 rings (SSSR count). The number of nitrogens with zero attached hydrogens (tertiary/aromatic N) is 1. The average molecular weight is 441 g/mol. The summed E-state index contributed by atoms with van der Waals surface area (Å²) in [6, 6.07) is 16.2. The van der Waals surface area contributed by atoms with Gasteiger partial charge in [0.25, 0.3) is 5.91 Å². The molecule has 0 saturated heterocycles. The number of hydrazone groups is 1. The maximum Gasteiger partial charge on any atom is 0.343 e. The van der Waals surface area contributed by atoms with Crippen molar-refractivity contribution in [2.75, 3.05) is 6.61 Å². The van der Waals surface area contributed by atoms with E-state index in [4.69, 9.17) is 21.1 Å². The van der Waals surface area contributed by atoms with Gasteiger partial charge in [0.2, 0.25) is 0 Å². The van der Waals surface area contributed by atoms with Gasteiger partial charge in [-0.3, -0.25) is 4.79 Å². The number of rotatable bonds is 7. The lowest BCUT2D eigenvalue weighted by molar-refractivity contribution is 0.0728. The van der Waals surface area contributed by atoms with Crippen LogP contribution in [0.1, 0.15) is 33.2 Å². The first kappa shape index (κ1) is 22.0. The second-order valence-electron chi connectivity index (χ2n) is 6.24. The van der Waals surface area contributed by atoms with Crippen LogP contribution in [-0.4, -0.2) is 24.7 Å². The number of halogens is 2. The number of carbonyl (C=O) groups is 2. The number of ether oxygens (including phenoxy) is 2. The number of hydrogen-bond acceptors (Lipinski definition) is 5. The van der Waals surface area contributed by atoms with E-state index in [-0.39, 0.29) is 17.2 Å². The minimum absolute atomic E-state index is 0.207. The molecule has 0 atom stereocenters. The maximum atomic E-state index is 13.0. The third-order valence-electron chi connectivity index (χ3n) is 4.04. The third-order valence-corrected chi connectivity index (χ3v) is 4.29. The standard InChI is InChI=1S/C23H18ClFN2O4/c1-2-30-21-13-15(14-26-27-22(28)16-4-8-18(24)9-5-16)3-12-20(21)31-23(29)17-6-10-19(25)11-7-17/h3-14H,2H2,1H3,(H,27,28)/b26-14+. The van der Waals surface area contributed by atoms with Gasteiger partial charge < -0.3 is 9.47 Å². The van der Waals surface area contributed by atoms with E-state index in [2.05, 4.69) is 10.5 Å². The molecule has 31 heavy (non-hydrogen) atoms. The van der Waals surface area contributed by atoms with Crippen molar-refractivity contribution in [2.45, 2.75) is 6.92 Å². The van der Waals surface area contributed by atoms with Gasteiger partial charge in [-0.1, -0.05) is 11.6 Å². The molecule has 0 saturated carbocycles. The topological polar surface area (TPSA) is 77.0 Å². The zero-order valence-corrected chi connectivity index (χ0v) is 17.2. The van der Waals surface area contributed by atoms with Crippen LogP contribution in [-0.2, 0) is 0 Å². The van der Waals surface area contributed by atoms with Crippen molar-refractivity contribution in [3.05, 3.63) is 94.3 Å². The van der Waals surface area contributed by atoms with E-state index >= 15 is 0 Å². The van der Waals surface area contributed by atoms with E-state index in [0.29, 0.717) is 28.5 Å². The Kier molecular flexibility index (Phi) is 7.35. The van der Waals surface area contributed by atoms with Crippen LogP contribution >= 0.6 is 11.6 Å². The fraction of sp³-hybridized carbons (Fsp3) is 0.0870. The molecule has 0 aliphatic rings. The van der Waals surface area contributed by atoms with Crippen molar-refractivity contribution >= 4 is 29.7 Å². The van der Waals surface area contributed by atoms with Gasteiger partial charge in [-0.05, 0) is 79.2 Å². The van der Waals surface area contributed by atoms with Crippen LogP contribution in [0.2, 0.25) is 5.02 Å². The third kappa shape index (κ3) is 6.13. The van der Waals surface area contributed by atoms with Crippen LogP contribution in [0.3, 0.4) is 0 Å². The minimum atomic E-state index is -0.641. The molecular formula is C23H18ClFN2O4. The lowest BCUT2D eigenvalue weighted by Crippen LogP contribution is -2.17. The molecule has 0 unspecified atom stereocenters. The lowest BCUT2D eigenvalue weighted by Gasteiger charge is -2.11. The van der Waals surface area contributed by atoms with Crippen LogP contribution in [0.15, 0.2) is 71.8 Å². The quantitative estimate of drug-likeness (QED) is 0.246. The van der Waals surface area contributed by atoms with E-state index < -0.39 is 11.8 Å². The first-order valence-corrected chi connectivity index (χ1v) is 9.67. The molecule has 6 nitrogen and oxygen atoms in total. The largest absolute Gasteiger partial charge is 0.490 e. The summed E-state index contributed by atoms with van der Waals surface area (Å²) in [7, 11) is 0. The first-order chi connectivity index (χ1) is 15.0. The van der Waals surface area contributed by atoms with Crippen LogP contribution < -0.4 is 14.9 Å². The maximum absolute atomic E-state index is 13.0. The summed E-state index contributed by atoms with van der Waals surface area (Å²) in [4.78, 5) is 24.4. The monoisotopic (exact) mass is 440 g/mol. The van der Waals surface area contributed by atoms with Crippen molar-refractivity contribution in [1.82, 2.24) is 5.43 Å². The molecule has 1 amide bonds. The SMILES string of the molecule is CCOc1cc(/C=N/NC(=O)c2ccc(Cl)cc2)ccc1OC(=O)c1ccc(F)cc1. The van der Waals surface area contributed by atoms with Crippen LogP contribution in [0.5, 0.6) is 11.5 Å². The highest BCUT2D eigenvalue weighted by Crippen LogP contribution is 2.29. The van der Waals surface area contributed by atoms with Crippen molar-refractivity contribution < 1.29 is 23.5 Å². The van der Waals surface area contributed by atoms with Gasteiger partial charge in [0, 0.05) is 10.6 Å². The van der Waals surface area contributed by atoms with Crippen LogP contribution in [0, 0.1) is 5.82 Å².